The lowest BCUT2D eigenvalue weighted by atomic mass is 10.1. The van der Waals surface area contributed by atoms with E-state index in [-0.39, 0.29) is 0 Å². The molecule has 0 unspecified atom stereocenters. The normalized spacial score (nSPS) is 21.8. The smallest absolute Gasteiger partial charge is 0.0306 e. The molecule has 0 aromatic heterocycles. The Kier molecular flexibility index (Phi) is 3.22. The Bertz CT molecular complexity index is 328. The lowest BCUT2D eigenvalue weighted by Gasteiger charge is -2.24. The lowest BCUT2D eigenvalue weighted by Crippen LogP contribution is -2.29. The molecule has 1 atom stereocenters. The van der Waals surface area contributed by atoms with Gasteiger partial charge in [0.05, 0.1) is 0 Å². The lowest BCUT2D eigenvalue weighted by molar-refractivity contribution is 0.272. The van der Waals surface area contributed by atoms with Crippen LogP contribution in [-0.4, -0.2) is 17.5 Å². The summed E-state index contributed by atoms with van der Waals surface area (Å²) >= 11 is 0. The molecule has 0 saturated carbocycles. The van der Waals surface area contributed by atoms with Gasteiger partial charge in [-0.25, -0.2) is 0 Å². The van der Waals surface area contributed by atoms with E-state index in [1.807, 2.05) is 0 Å². The zero-order chi connectivity index (χ0) is 10.7. The van der Waals surface area contributed by atoms with Crippen molar-refractivity contribution in [3.63, 3.8) is 0 Å². The van der Waals surface area contributed by atoms with Crippen LogP contribution >= 0.6 is 0 Å². The van der Waals surface area contributed by atoms with Crippen molar-refractivity contribution in [1.29, 1.82) is 0 Å². The van der Waals surface area contributed by atoms with Crippen LogP contribution in [0.2, 0.25) is 0 Å². The molecule has 0 amide bonds. The molecule has 1 aliphatic heterocycles. The summed E-state index contributed by atoms with van der Waals surface area (Å²) in [6.45, 7) is 8.52. The van der Waals surface area contributed by atoms with Crippen LogP contribution < -0.4 is 0 Å². The summed E-state index contributed by atoms with van der Waals surface area (Å²) in [4.78, 5) is 2.54. The zero-order valence-corrected chi connectivity index (χ0v) is 9.45. The van der Waals surface area contributed by atoms with Crippen LogP contribution in [0.25, 0.3) is 0 Å². The molecule has 80 valence electrons. The molecule has 1 nitrogen and oxygen atoms in total. The number of likely N-dealkylation sites (tertiary alicyclic amines) is 1. The second-order valence-electron chi connectivity index (χ2n) is 4.46. The number of rotatable bonds is 3. The van der Waals surface area contributed by atoms with E-state index in [4.69, 9.17) is 0 Å². The van der Waals surface area contributed by atoms with Gasteiger partial charge in [0, 0.05) is 12.6 Å². The van der Waals surface area contributed by atoms with Crippen molar-refractivity contribution in [2.45, 2.75) is 32.4 Å². The maximum Gasteiger partial charge on any atom is 0.0306 e. The monoisotopic (exact) mass is 201 g/mol. The van der Waals surface area contributed by atoms with Crippen LogP contribution in [0.4, 0.5) is 0 Å². The first kappa shape index (κ1) is 10.4. The second-order valence-corrected chi connectivity index (χ2v) is 4.46. The predicted octanol–water partition coefficient (Wildman–Crippen LogP) is 3.23. The van der Waals surface area contributed by atoms with Crippen molar-refractivity contribution in [1.82, 2.24) is 4.90 Å². The van der Waals surface area contributed by atoms with Crippen molar-refractivity contribution >= 4 is 0 Å². The Morgan fingerprint density at radius 2 is 2.13 bits per heavy atom. The first-order chi connectivity index (χ1) is 7.27. The minimum Gasteiger partial charge on any atom is -0.292 e. The average Bonchev–Trinajstić information content (AvgIpc) is 2.67. The number of benzene rings is 1. The highest BCUT2D eigenvalue weighted by atomic mass is 15.2. The molecule has 0 aliphatic carbocycles. The molecule has 1 saturated heterocycles. The Hall–Kier alpha value is -1.08. The Morgan fingerprint density at radius 1 is 1.40 bits per heavy atom. The second kappa shape index (κ2) is 4.63. The van der Waals surface area contributed by atoms with Crippen molar-refractivity contribution in [3.8, 4) is 0 Å². The van der Waals surface area contributed by atoms with Crippen LogP contribution in [-0.2, 0) is 6.54 Å². The minimum atomic E-state index is 0.602. The van der Waals surface area contributed by atoms with Gasteiger partial charge in [0.2, 0.25) is 0 Å². The van der Waals surface area contributed by atoms with Crippen LogP contribution in [0.5, 0.6) is 0 Å². The number of hydrogen-bond acceptors (Lipinski definition) is 1. The van der Waals surface area contributed by atoms with Gasteiger partial charge in [-0.1, -0.05) is 42.5 Å². The van der Waals surface area contributed by atoms with E-state index in [1.54, 1.807) is 0 Å². The fourth-order valence-corrected chi connectivity index (χ4v) is 2.39. The van der Waals surface area contributed by atoms with Gasteiger partial charge in [-0.2, -0.15) is 0 Å². The van der Waals surface area contributed by atoms with E-state index >= 15 is 0 Å². The first-order valence-electron chi connectivity index (χ1n) is 5.71. The van der Waals surface area contributed by atoms with Crippen LogP contribution in [0.1, 0.15) is 25.3 Å². The third-order valence-corrected chi connectivity index (χ3v) is 3.16. The molecule has 1 aromatic carbocycles. The maximum atomic E-state index is 4.09. The Labute approximate surface area is 92.4 Å². The van der Waals surface area contributed by atoms with E-state index in [9.17, 15) is 0 Å². The summed E-state index contributed by atoms with van der Waals surface area (Å²) in [5.41, 5.74) is 2.72. The van der Waals surface area contributed by atoms with Gasteiger partial charge < -0.3 is 0 Å². The maximum absolute atomic E-state index is 4.09. The third kappa shape index (κ3) is 2.48. The van der Waals surface area contributed by atoms with Crippen molar-refractivity contribution in [3.05, 3.63) is 48.0 Å². The average molecular weight is 201 g/mol. The highest BCUT2D eigenvalue weighted by Gasteiger charge is 2.24. The molecule has 1 fully saturated rings. The van der Waals surface area contributed by atoms with Gasteiger partial charge in [-0.3, -0.25) is 4.90 Å². The summed E-state index contributed by atoms with van der Waals surface area (Å²) in [6, 6.07) is 11.3. The van der Waals surface area contributed by atoms with Gasteiger partial charge in [0.15, 0.2) is 0 Å². The van der Waals surface area contributed by atoms with E-state index in [2.05, 4.69) is 48.7 Å². The van der Waals surface area contributed by atoms with Crippen LogP contribution in [0.15, 0.2) is 42.5 Å². The van der Waals surface area contributed by atoms with E-state index < -0.39 is 0 Å². The molecule has 1 aliphatic rings. The fraction of sp³-hybridized carbons (Fsp3) is 0.429. The molecule has 2 rings (SSSR count). The van der Waals surface area contributed by atoms with E-state index in [1.165, 1.54) is 30.5 Å². The fourth-order valence-electron chi connectivity index (χ4n) is 2.39. The highest BCUT2D eigenvalue weighted by molar-refractivity contribution is 5.16. The SMILES string of the molecule is C=C(C)[C@@H]1CCCN1Cc1ccccc1. The topological polar surface area (TPSA) is 3.24 Å². The van der Waals surface area contributed by atoms with E-state index in [0.717, 1.165) is 6.54 Å². The van der Waals surface area contributed by atoms with Gasteiger partial charge >= 0.3 is 0 Å². The number of hydrogen-bond donors (Lipinski definition) is 0. The predicted molar refractivity (Wildman–Crippen MR) is 64.7 cm³/mol. The van der Waals surface area contributed by atoms with Gasteiger partial charge in [0.1, 0.15) is 0 Å². The molecule has 0 bridgehead atoms. The Balaban J connectivity index is 2.03. The van der Waals surface area contributed by atoms with Crippen molar-refractivity contribution < 1.29 is 0 Å². The van der Waals surface area contributed by atoms with Crippen LogP contribution in [0, 0.1) is 0 Å². The largest absolute Gasteiger partial charge is 0.292 e. The van der Waals surface area contributed by atoms with Gasteiger partial charge in [-0.05, 0) is 31.9 Å². The minimum absolute atomic E-state index is 0.602. The third-order valence-electron chi connectivity index (χ3n) is 3.16. The van der Waals surface area contributed by atoms with Gasteiger partial charge in [-0.15, -0.1) is 0 Å². The quantitative estimate of drug-likeness (QED) is 0.679. The van der Waals surface area contributed by atoms with Crippen molar-refractivity contribution in [2.24, 2.45) is 0 Å². The summed E-state index contributed by atoms with van der Waals surface area (Å²) in [5, 5.41) is 0. The molecule has 1 aromatic rings. The van der Waals surface area contributed by atoms with Gasteiger partial charge in [0.25, 0.3) is 0 Å². The summed E-state index contributed by atoms with van der Waals surface area (Å²) in [7, 11) is 0. The highest BCUT2D eigenvalue weighted by Crippen LogP contribution is 2.24. The molecule has 0 spiro atoms. The molecule has 15 heavy (non-hydrogen) atoms. The Morgan fingerprint density at radius 3 is 2.80 bits per heavy atom. The molecule has 0 N–H and O–H groups in total. The molecular weight excluding hydrogens is 182 g/mol. The van der Waals surface area contributed by atoms with E-state index in [0.29, 0.717) is 6.04 Å². The summed E-state index contributed by atoms with van der Waals surface area (Å²) in [6.07, 6.45) is 2.59. The molecule has 0 radical (unpaired) electrons. The standard InChI is InChI=1S/C14H19N/c1-12(2)14-9-6-10-15(14)11-13-7-4-3-5-8-13/h3-5,7-8,14H,1,6,9-11H2,2H3/t14-/m0/s1. The number of nitrogens with zero attached hydrogens (tertiary/aromatic N) is 1. The van der Waals surface area contributed by atoms with Crippen LogP contribution in [0.3, 0.4) is 0 Å². The zero-order valence-electron chi connectivity index (χ0n) is 9.45. The molecule has 1 heteroatoms. The van der Waals surface area contributed by atoms with Crippen molar-refractivity contribution in [2.75, 3.05) is 6.54 Å². The summed E-state index contributed by atoms with van der Waals surface area (Å²) in [5.74, 6) is 0. The summed E-state index contributed by atoms with van der Waals surface area (Å²) < 4.78 is 0. The first-order valence-corrected chi connectivity index (χ1v) is 5.71. The molecular formula is C14H19N. The molecule has 1 heterocycles.